The standard InChI is InChI=1S/C99H65N3O5/c1-54-34-38-56(39-35-54)100(58-42-44-60-66-50-88-68(62-20-7-14-28-82(62)103-88)48-74(66)97(3,4)72(60)46-58)80-52-76-92(95-90(80)64-22-9-16-30-84(64)106-95)93-77(99(76)70-24-11-12-26-78(70)102-79-27-13-18-32-86(79)105-87-33-19-25-71(99)94(87)102)53-81(91-65-23-10-17-31-85(65)107-96(91)93)101(57-40-36-55(2)37-41-57)59-43-45-61-67-51-89-69(63-21-8-15-29-83(63)104-89)49-75(67)98(5,6)73(61)47-59/h7-53H,1-6H3. The first-order valence-electron chi connectivity index (χ1n) is 37.1. The highest BCUT2D eigenvalue weighted by Gasteiger charge is 2.57. The largest absolute Gasteiger partial charge is 0.456 e. The van der Waals surface area contributed by atoms with Crippen LogP contribution in [0.25, 0.3) is 121 Å². The van der Waals surface area contributed by atoms with Gasteiger partial charge in [-0.2, -0.15) is 0 Å². The van der Waals surface area contributed by atoms with Crippen molar-refractivity contribution in [2.75, 3.05) is 14.7 Å². The number of aryl methyl sites for hydroxylation is 2. The van der Waals surface area contributed by atoms with Crippen LogP contribution in [0.3, 0.4) is 0 Å². The molecule has 15 aromatic carbocycles. The summed E-state index contributed by atoms with van der Waals surface area (Å²) >= 11 is 0. The van der Waals surface area contributed by atoms with Gasteiger partial charge in [0, 0.05) is 77.0 Å². The van der Waals surface area contributed by atoms with Crippen molar-refractivity contribution in [3.05, 3.63) is 341 Å². The second-order valence-corrected chi connectivity index (χ2v) is 31.1. The van der Waals surface area contributed by atoms with Gasteiger partial charge in [0.05, 0.1) is 44.6 Å². The molecule has 0 fully saturated rings. The van der Waals surface area contributed by atoms with E-state index in [9.17, 15) is 0 Å². The Hall–Kier alpha value is -13.3. The maximum atomic E-state index is 7.83. The summed E-state index contributed by atoms with van der Waals surface area (Å²) in [5.41, 5.74) is 32.3. The molecule has 3 aliphatic carbocycles. The van der Waals surface area contributed by atoms with E-state index in [2.05, 4.69) is 341 Å². The molecule has 0 atom stereocenters. The van der Waals surface area contributed by atoms with Gasteiger partial charge in [-0.3, -0.25) is 0 Å². The minimum absolute atomic E-state index is 0.385. The zero-order chi connectivity index (χ0) is 70.8. The Morgan fingerprint density at radius 2 is 0.701 bits per heavy atom. The highest BCUT2D eigenvalue weighted by atomic mass is 16.5. The van der Waals surface area contributed by atoms with Crippen molar-refractivity contribution in [3.8, 4) is 44.9 Å². The zero-order valence-corrected chi connectivity index (χ0v) is 59.5. The number of furan rings is 4. The van der Waals surface area contributed by atoms with Crippen molar-refractivity contribution in [2.45, 2.75) is 57.8 Å². The number of hydrogen-bond donors (Lipinski definition) is 0. The first kappa shape index (κ1) is 59.1. The van der Waals surface area contributed by atoms with Crippen LogP contribution in [0.2, 0.25) is 0 Å². The smallest absolute Gasteiger partial charge is 0.151 e. The molecule has 2 aliphatic heterocycles. The lowest BCUT2D eigenvalue weighted by Gasteiger charge is -2.47. The first-order chi connectivity index (χ1) is 52.4. The van der Waals surface area contributed by atoms with Gasteiger partial charge >= 0.3 is 0 Å². The fourth-order valence-electron chi connectivity index (χ4n) is 19.8. The Bertz CT molecular complexity index is 6860. The van der Waals surface area contributed by atoms with Crippen LogP contribution in [-0.2, 0) is 16.2 Å². The van der Waals surface area contributed by atoms with Gasteiger partial charge in [0.2, 0.25) is 0 Å². The van der Waals surface area contributed by atoms with Gasteiger partial charge in [-0.1, -0.05) is 190 Å². The van der Waals surface area contributed by atoms with Crippen LogP contribution in [0.15, 0.2) is 303 Å². The van der Waals surface area contributed by atoms with E-state index in [1.165, 1.54) is 55.6 Å². The van der Waals surface area contributed by atoms with Crippen LogP contribution in [0.1, 0.15) is 83.3 Å². The molecule has 0 N–H and O–H groups in total. The predicted octanol–water partition coefficient (Wildman–Crippen LogP) is 27.7. The van der Waals surface area contributed by atoms with E-state index in [0.29, 0.717) is 0 Å². The molecule has 0 radical (unpaired) electrons. The maximum absolute atomic E-state index is 7.83. The van der Waals surface area contributed by atoms with E-state index in [1.807, 2.05) is 0 Å². The number of ether oxygens (including phenoxy) is 1. The van der Waals surface area contributed by atoms with Gasteiger partial charge in [0.1, 0.15) is 44.7 Å². The third-order valence-electron chi connectivity index (χ3n) is 24.7. The molecule has 8 heteroatoms. The Morgan fingerprint density at radius 3 is 1.21 bits per heavy atom. The average Bonchev–Trinajstić information content (AvgIpc) is 1.50. The molecule has 4 aromatic heterocycles. The van der Waals surface area contributed by atoms with E-state index in [-0.39, 0.29) is 10.8 Å². The van der Waals surface area contributed by atoms with Crippen molar-refractivity contribution in [1.82, 2.24) is 0 Å². The molecule has 0 saturated carbocycles. The molecule has 1 spiro atoms. The highest BCUT2D eigenvalue weighted by molar-refractivity contribution is 6.26. The number of hydrogen-bond acceptors (Lipinski definition) is 8. The van der Waals surface area contributed by atoms with Gasteiger partial charge in [0.15, 0.2) is 11.5 Å². The molecule has 24 rings (SSSR count). The van der Waals surface area contributed by atoms with Crippen LogP contribution < -0.4 is 19.4 Å². The summed E-state index contributed by atoms with van der Waals surface area (Å²) < 4.78 is 36.1. The molecule has 8 nitrogen and oxygen atoms in total. The molecule has 6 heterocycles. The molecule has 0 amide bonds. The normalized spacial score (nSPS) is 14.7. The summed E-state index contributed by atoms with van der Waals surface area (Å²) in [6.45, 7) is 13.9. The fraction of sp³-hybridized carbons (Fsp3) is 0.0909. The second kappa shape index (κ2) is 20.6. The number of fused-ring (bicyclic) bond motifs is 31. The number of rotatable bonds is 6. The molecular weight excluding hydrogens is 1310 g/mol. The van der Waals surface area contributed by atoms with Crippen molar-refractivity contribution >= 4 is 139 Å². The Labute approximate surface area is 615 Å². The highest BCUT2D eigenvalue weighted by Crippen LogP contribution is 2.71. The van der Waals surface area contributed by atoms with Crippen LogP contribution in [0, 0.1) is 13.8 Å². The lowest BCUT2D eigenvalue weighted by Crippen LogP contribution is -2.37. The lowest BCUT2D eigenvalue weighted by molar-refractivity contribution is 0.473. The summed E-state index contributed by atoms with van der Waals surface area (Å²) in [7, 11) is 0. The van der Waals surface area contributed by atoms with Crippen molar-refractivity contribution in [2.24, 2.45) is 0 Å². The van der Waals surface area contributed by atoms with E-state index in [4.69, 9.17) is 22.4 Å². The monoisotopic (exact) mass is 1380 g/mol. The van der Waals surface area contributed by atoms with Gasteiger partial charge in [-0.25, -0.2) is 0 Å². The van der Waals surface area contributed by atoms with Gasteiger partial charge in [-0.15, -0.1) is 0 Å². The average molecular weight is 1380 g/mol. The molecule has 0 unspecified atom stereocenters. The molecular formula is C99H65N3O5. The minimum Gasteiger partial charge on any atom is -0.456 e. The van der Waals surface area contributed by atoms with E-state index < -0.39 is 5.41 Å². The molecule has 0 bridgehead atoms. The topological polar surface area (TPSA) is 71.5 Å². The number of anilines is 9. The molecule has 0 saturated heterocycles. The van der Waals surface area contributed by atoms with Crippen molar-refractivity contribution in [3.63, 3.8) is 0 Å². The third kappa shape index (κ3) is 7.60. The van der Waals surface area contributed by atoms with Crippen molar-refractivity contribution in [1.29, 1.82) is 0 Å². The Morgan fingerprint density at radius 1 is 0.290 bits per heavy atom. The fourth-order valence-corrected chi connectivity index (χ4v) is 19.8. The van der Waals surface area contributed by atoms with E-state index in [0.717, 1.165) is 184 Å². The quantitative estimate of drug-likeness (QED) is 0.163. The Balaban J connectivity index is 0.820. The van der Waals surface area contributed by atoms with E-state index >= 15 is 0 Å². The maximum Gasteiger partial charge on any atom is 0.151 e. The number of para-hydroxylation sites is 8. The third-order valence-corrected chi connectivity index (χ3v) is 24.7. The summed E-state index contributed by atoms with van der Waals surface area (Å²) in [6, 6.07) is 105. The number of nitrogens with zero attached hydrogens (tertiary/aromatic N) is 3. The van der Waals surface area contributed by atoms with Gasteiger partial charge in [0.25, 0.3) is 0 Å². The molecule has 506 valence electrons. The lowest BCUT2D eigenvalue weighted by atomic mass is 9.64. The summed E-state index contributed by atoms with van der Waals surface area (Å²) in [5.74, 6) is 1.56. The summed E-state index contributed by atoms with van der Waals surface area (Å²) in [4.78, 5) is 7.47. The van der Waals surface area contributed by atoms with E-state index in [1.54, 1.807) is 0 Å². The van der Waals surface area contributed by atoms with Gasteiger partial charge < -0.3 is 37.1 Å². The second-order valence-electron chi connectivity index (χ2n) is 31.1. The van der Waals surface area contributed by atoms with Crippen LogP contribution in [-0.4, -0.2) is 0 Å². The molecule has 107 heavy (non-hydrogen) atoms. The zero-order valence-electron chi connectivity index (χ0n) is 59.5. The predicted molar refractivity (Wildman–Crippen MR) is 435 cm³/mol. The molecule has 19 aromatic rings. The van der Waals surface area contributed by atoms with Crippen LogP contribution in [0.5, 0.6) is 11.5 Å². The minimum atomic E-state index is -1.11. The number of benzene rings is 15. The summed E-state index contributed by atoms with van der Waals surface area (Å²) in [5, 5.41) is 8.51. The van der Waals surface area contributed by atoms with Crippen LogP contribution in [0.4, 0.5) is 51.2 Å². The van der Waals surface area contributed by atoms with Crippen molar-refractivity contribution < 1.29 is 22.4 Å². The SMILES string of the molecule is Cc1ccc(N(c2ccc3c(c2)C(C)(C)c2cc4c(cc2-3)oc2ccccc24)c2cc3c(c4oc5ccccc5c24)-c2c(cc(N(c4ccc(C)cc4)c4ccc5c(c4)C(C)(C)c4cc6c(cc4-5)oc4ccccc46)c4c2oc2ccccc24)C32c3ccccc3N3c4ccccc4Oc4cccc2c43)cc1. The Kier molecular flexibility index (Phi) is 11.4. The molecule has 5 aliphatic rings. The van der Waals surface area contributed by atoms with Crippen LogP contribution >= 0.6 is 0 Å². The van der Waals surface area contributed by atoms with Gasteiger partial charge in [-0.05, 0) is 214 Å². The first-order valence-corrected chi connectivity index (χ1v) is 37.1. The summed E-state index contributed by atoms with van der Waals surface area (Å²) in [6.07, 6.45) is 0.